The number of hydrogen-bond donors (Lipinski definition) is 2. The van der Waals surface area contributed by atoms with Crippen LogP contribution in [0.1, 0.15) is 43.6 Å². The van der Waals surface area contributed by atoms with Crippen LogP contribution < -0.4 is 15.4 Å². The molecule has 0 atom stereocenters. The maximum absolute atomic E-state index is 12.4. The summed E-state index contributed by atoms with van der Waals surface area (Å²) in [7, 11) is 1.69. The van der Waals surface area contributed by atoms with Gasteiger partial charge < -0.3 is 15.0 Å². The molecule has 4 rings (SSSR count). The Bertz CT molecular complexity index is 810. The summed E-state index contributed by atoms with van der Waals surface area (Å²) in [4.78, 5) is 18.9. The highest BCUT2D eigenvalue weighted by atomic mass is 32.1. The number of thiazole rings is 1. The third kappa shape index (κ3) is 4.31. The minimum atomic E-state index is -0.0784. The molecule has 2 amide bonds. The van der Waals surface area contributed by atoms with Gasteiger partial charge in [-0.3, -0.25) is 5.32 Å². The molecule has 6 nitrogen and oxygen atoms in total. The Morgan fingerprint density at radius 1 is 1.25 bits per heavy atom. The van der Waals surface area contributed by atoms with Crippen molar-refractivity contribution in [3.63, 3.8) is 0 Å². The largest absolute Gasteiger partial charge is 0.496 e. The van der Waals surface area contributed by atoms with E-state index in [2.05, 4.69) is 33.8 Å². The number of ether oxygens (including phenoxy) is 1. The number of anilines is 1. The molecule has 1 aromatic carbocycles. The number of rotatable bonds is 4. The van der Waals surface area contributed by atoms with Gasteiger partial charge in [-0.25, -0.2) is 9.78 Å². The van der Waals surface area contributed by atoms with E-state index in [0.29, 0.717) is 11.0 Å². The van der Waals surface area contributed by atoms with Gasteiger partial charge in [-0.1, -0.05) is 25.3 Å². The fraction of sp³-hybridized carbons (Fsp3) is 0.524. The van der Waals surface area contributed by atoms with Gasteiger partial charge >= 0.3 is 6.03 Å². The maximum atomic E-state index is 12.4. The minimum Gasteiger partial charge on any atom is -0.496 e. The Morgan fingerprint density at radius 2 is 2.04 bits per heavy atom. The first-order chi connectivity index (χ1) is 13.7. The van der Waals surface area contributed by atoms with Crippen LogP contribution in [0.5, 0.6) is 5.75 Å². The molecule has 2 fully saturated rings. The van der Waals surface area contributed by atoms with Gasteiger partial charge in [0, 0.05) is 37.1 Å². The average molecular weight is 401 g/mol. The molecule has 1 aliphatic carbocycles. The number of benzene rings is 1. The summed E-state index contributed by atoms with van der Waals surface area (Å²) >= 11 is 1.46. The lowest BCUT2D eigenvalue weighted by Gasteiger charge is -2.26. The van der Waals surface area contributed by atoms with Crippen molar-refractivity contribution in [3.8, 4) is 17.0 Å². The molecule has 150 valence electrons. The predicted molar refractivity (Wildman–Crippen MR) is 113 cm³/mol. The molecule has 2 aliphatic rings. The van der Waals surface area contributed by atoms with E-state index >= 15 is 0 Å². The third-order valence-electron chi connectivity index (χ3n) is 5.70. The summed E-state index contributed by atoms with van der Waals surface area (Å²) < 4.78 is 5.59. The highest BCUT2D eigenvalue weighted by Crippen LogP contribution is 2.38. The Morgan fingerprint density at radius 3 is 2.79 bits per heavy atom. The number of hydrogen-bond acceptors (Lipinski definition) is 5. The highest BCUT2D eigenvalue weighted by Gasteiger charge is 2.20. The lowest BCUT2D eigenvalue weighted by atomic mass is 9.83. The second kappa shape index (κ2) is 8.92. The second-order valence-corrected chi connectivity index (χ2v) is 8.36. The second-order valence-electron chi connectivity index (χ2n) is 7.50. The molecule has 0 spiro atoms. The summed E-state index contributed by atoms with van der Waals surface area (Å²) in [5.74, 6) is 1.45. The van der Waals surface area contributed by atoms with Crippen molar-refractivity contribution in [1.82, 2.24) is 15.2 Å². The van der Waals surface area contributed by atoms with Gasteiger partial charge in [-0.15, -0.1) is 11.3 Å². The van der Waals surface area contributed by atoms with Gasteiger partial charge in [-0.05, 0) is 36.5 Å². The Hall–Kier alpha value is -2.12. The van der Waals surface area contributed by atoms with Crippen LogP contribution in [0.3, 0.4) is 0 Å². The normalized spacial score (nSPS) is 18.1. The summed E-state index contributed by atoms with van der Waals surface area (Å²) in [6.45, 7) is 3.12. The van der Waals surface area contributed by atoms with Gasteiger partial charge in [0.25, 0.3) is 0 Å². The number of carbonyl (C=O) groups is 1. The zero-order valence-electron chi connectivity index (χ0n) is 16.4. The zero-order valence-corrected chi connectivity index (χ0v) is 17.2. The molecule has 1 saturated heterocycles. The quantitative estimate of drug-likeness (QED) is 0.803. The monoisotopic (exact) mass is 400 g/mol. The van der Waals surface area contributed by atoms with E-state index in [0.717, 1.165) is 43.2 Å². The fourth-order valence-corrected chi connectivity index (χ4v) is 4.81. The van der Waals surface area contributed by atoms with Gasteiger partial charge in [0.15, 0.2) is 5.13 Å². The van der Waals surface area contributed by atoms with Crippen molar-refractivity contribution in [2.45, 2.75) is 38.0 Å². The number of nitrogens with one attached hydrogen (secondary N) is 2. The third-order valence-corrected chi connectivity index (χ3v) is 6.46. The van der Waals surface area contributed by atoms with Crippen LogP contribution in [-0.4, -0.2) is 49.2 Å². The van der Waals surface area contributed by atoms with E-state index in [9.17, 15) is 4.79 Å². The fourth-order valence-electron chi connectivity index (χ4n) is 4.11. The number of urea groups is 1. The van der Waals surface area contributed by atoms with Crippen LogP contribution in [0, 0.1) is 0 Å². The van der Waals surface area contributed by atoms with Crippen molar-refractivity contribution >= 4 is 22.5 Å². The maximum Gasteiger partial charge on any atom is 0.323 e. The molecular weight excluding hydrogens is 372 g/mol. The molecule has 2 heterocycles. The van der Waals surface area contributed by atoms with E-state index in [1.807, 2.05) is 10.3 Å². The zero-order chi connectivity index (χ0) is 19.3. The molecule has 1 aromatic heterocycles. The van der Waals surface area contributed by atoms with E-state index < -0.39 is 0 Å². The molecule has 0 bridgehead atoms. The topological polar surface area (TPSA) is 66.5 Å². The summed E-state index contributed by atoms with van der Waals surface area (Å²) in [6, 6.07) is 6.39. The lowest BCUT2D eigenvalue weighted by molar-refractivity contribution is 0.204. The number of piperazine rings is 1. The summed E-state index contributed by atoms with van der Waals surface area (Å²) in [6.07, 6.45) is 6.49. The smallest absolute Gasteiger partial charge is 0.323 e. The van der Waals surface area contributed by atoms with E-state index in [-0.39, 0.29) is 6.03 Å². The molecule has 2 aromatic rings. The van der Waals surface area contributed by atoms with Gasteiger partial charge in [0.2, 0.25) is 0 Å². The van der Waals surface area contributed by atoms with E-state index in [1.54, 1.807) is 7.11 Å². The highest BCUT2D eigenvalue weighted by molar-refractivity contribution is 7.14. The molecular formula is C21H28N4O2S. The van der Waals surface area contributed by atoms with Crippen LogP contribution in [0.25, 0.3) is 11.3 Å². The number of nitrogens with zero attached hydrogens (tertiary/aromatic N) is 2. The number of aromatic nitrogens is 1. The van der Waals surface area contributed by atoms with Crippen LogP contribution in [0.4, 0.5) is 9.93 Å². The molecule has 2 N–H and O–H groups in total. The van der Waals surface area contributed by atoms with Crippen LogP contribution in [-0.2, 0) is 0 Å². The first-order valence-corrected chi connectivity index (χ1v) is 11.0. The molecule has 1 aliphatic heterocycles. The van der Waals surface area contributed by atoms with Gasteiger partial charge in [-0.2, -0.15) is 0 Å². The Balaban J connectivity index is 1.52. The lowest BCUT2D eigenvalue weighted by Crippen LogP contribution is -2.48. The average Bonchev–Trinajstić information content (AvgIpc) is 3.23. The molecule has 7 heteroatoms. The van der Waals surface area contributed by atoms with Crippen molar-refractivity contribution in [2.75, 3.05) is 38.6 Å². The van der Waals surface area contributed by atoms with Crippen molar-refractivity contribution in [3.05, 3.63) is 29.1 Å². The van der Waals surface area contributed by atoms with Gasteiger partial charge in [0.05, 0.1) is 12.8 Å². The number of amides is 2. The standard InChI is InChI=1S/C21H28N4O2S/c1-27-19-8-7-16(15-5-3-2-4-6-15)13-17(19)18-14-28-20(23-18)24-21(26)25-11-9-22-10-12-25/h7-8,13-15,22H,2-6,9-12H2,1H3,(H,23,24,26). The predicted octanol–water partition coefficient (Wildman–Crippen LogP) is 4.30. The molecule has 28 heavy (non-hydrogen) atoms. The van der Waals surface area contributed by atoms with Crippen LogP contribution in [0.2, 0.25) is 0 Å². The van der Waals surface area contributed by atoms with Crippen molar-refractivity contribution in [2.24, 2.45) is 0 Å². The van der Waals surface area contributed by atoms with E-state index in [1.165, 1.54) is 49.0 Å². The first-order valence-electron chi connectivity index (χ1n) is 10.1. The van der Waals surface area contributed by atoms with E-state index in [4.69, 9.17) is 4.74 Å². The Kier molecular flexibility index (Phi) is 6.12. The SMILES string of the molecule is COc1ccc(C2CCCCC2)cc1-c1csc(NC(=O)N2CCNCC2)n1. The van der Waals surface area contributed by atoms with Crippen molar-refractivity contribution in [1.29, 1.82) is 0 Å². The molecule has 0 unspecified atom stereocenters. The van der Waals surface area contributed by atoms with Crippen LogP contribution in [0.15, 0.2) is 23.6 Å². The number of methoxy groups -OCH3 is 1. The number of carbonyl (C=O) groups excluding carboxylic acids is 1. The first kappa shape index (κ1) is 19.2. The van der Waals surface area contributed by atoms with Gasteiger partial charge in [0.1, 0.15) is 5.75 Å². The minimum absolute atomic E-state index is 0.0784. The van der Waals surface area contributed by atoms with Crippen molar-refractivity contribution < 1.29 is 9.53 Å². The summed E-state index contributed by atoms with van der Waals surface area (Å²) in [5, 5.41) is 8.82. The molecule has 0 radical (unpaired) electrons. The Labute approximate surface area is 170 Å². The summed E-state index contributed by atoms with van der Waals surface area (Å²) in [5.41, 5.74) is 3.23. The van der Waals surface area contributed by atoms with Crippen LogP contribution >= 0.6 is 11.3 Å². The molecule has 1 saturated carbocycles.